The molecule has 2 aromatic carbocycles. The quantitative estimate of drug-likeness (QED) is 0.633. The van der Waals surface area contributed by atoms with Crippen LogP contribution in [-0.2, 0) is 10.8 Å². The lowest BCUT2D eigenvalue weighted by molar-refractivity contribution is 0.320. The smallest absolute Gasteiger partial charge is 0.142 e. The van der Waals surface area contributed by atoms with Gasteiger partial charge in [0.05, 0.1) is 33.1 Å². The Morgan fingerprint density at radius 2 is 1.86 bits per heavy atom. The molecule has 0 fully saturated rings. The van der Waals surface area contributed by atoms with Crippen LogP contribution in [0.15, 0.2) is 47.4 Å². The Morgan fingerprint density at radius 3 is 2.57 bits per heavy atom. The first-order chi connectivity index (χ1) is 10.1. The first-order valence-corrected chi connectivity index (χ1v) is 8.46. The molecule has 0 bridgehead atoms. The van der Waals surface area contributed by atoms with Gasteiger partial charge in [-0.25, -0.2) is 0 Å². The molecule has 2 rings (SSSR count). The van der Waals surface area contributed by atoms with E-state index < -0.39 is 10.8 Å². The fraction of sp³-hybridized carbons (Fsp3) is 0.200. The van der Waals surface area contributed by atoms with E-state index in [0.29, 0.717) is 45.2 Å². The van der Waals surface area contributed by atoms with E-state index >= 15 is 0 Å². The molecule has 0 aromatic heterocycles. The highest BCUT2D eigenvalue weighted by molar-refractivity contribution is 7.85. The minimum Gasteiger partial charge on any atom is -0.491 e. The van der Waals surface area contributed by atoms with Gasteiger partial charge in [-0.3, -0.25) is 4.21 Å². The van der Waals surface area contributed by atoms with Crippen molar-refractivity contribution in [3.63, 3.8) is 0 Å². The van der Waals surface area contributed by atoms with Gasteiger partial charge in [-0.2, -0.15) is 0 Å². The van der Waals surface area contributed by atoms with Gasteiger partial charge in [0.1, 0.15) is 5.75 Å². The van der Waals surface area contributed by atoms with Crippen LogP contribution in [0.1, 0.15) is 6.42 Å². The number of hydrogen-bond acceptors (Lipinski definition) is 3. The number of ether oxygens (including phenoxy) is 1. The molecule has 2 N–H and O–H groups in total. The van der Waals surface area contributed by atoms with E-state index in [0.717, 1.165) is 0 Å². The van der Waals surface area contributed by atoms with Crippen LogP contribution in [0.25, 0.3) is 0 Å². The first-order valence-electron chi connectivity index (χ1n) is 6.38. The number of benzene rings is 2. The lowest BCUT2D eigenvalue weighted by atomic mass is 10.3. The second-order valence-corrected chi connectivity index (χ2v) is 6.75. The highest BCUT2D eigenvalue weighted by Crippen LogP contribution is 2.24. The fourth-order valence-corrected chi connectivity index (χ4v) is 3.17. The highest BCUT2D eigenvalue weighted by atomic mass is 35.5. The van der Waals surface area contributed by atoms with Crippen molar-refractivity contribution in [2.24, 2.45) is 0 Å². The maximum Gasteiger partial charge on any atom is 0.142 e. The third kappa shape index (κ3) is 4.63. The van der Waals surface area contributed by atoms with Crippen molar-refractivity contribution < 1.29 is 8.95 Å². The van der Waals surface area contributed by atoms with E-state index in [1.807, 2.05) is 18.2 Å². The summed E-state index contributed by atoms with van der Waals surface area (Å²) in [5, 5.41) is 0.871. The second-order valence-electron chi connectivity index (χ2n) is 4.37. The molecule has 0 saturated carbocycles. The van der Waals surface area contributed by atoms with E-state index in [4.69, 9.17) is 33.7 Å². The first kappa shape index (κ1) is 16.1. The van der Waals surface area contributed by atoms with Crippen molar-refractivity contribution >= 4 is 39.7 Å². The van der Waals surface area contributed by atoms with Crippen LogP contribution < -0.4 is 10.5 Å². The zero-order valence-electron chi connectivity index (χ0n) is 11.2. The zero-order valence-corrected chi connectivity index (χ0v) is 13.5. The molecule has 21 heavy (non-hydrogen) atoms. The summed E-state index contributed by atoms with van der Waals surface area (Å²) in [6.45, 7) is 0.460. The van der Waals surface area contributed by atoms with Gasteiger partial charge in [0.15, 0.2) is 0 Å². The number of hydrogen-bond donors (Lipinski definition) is 1. The SMILES string of the molecule is Nc1ccccc1OCCCS(=O)c1ccc(Cl)c(Cl)c1. The van der Waals surface area contributed by atoms with Crippen LogP contribution >= 0.6 is 23.2 Å². The topological polar surface area (TPSA) is 52.3 Å². The Kier molecular flexibility index (Phi) is 5.91. The van der Waals surface area contributed by atoms with Gasteiger partial charge in [-0.05, 0) is 36.8 Å². The summed E-state index contributed by atoms with van der Waals surface area (Å²) in [7, 11) is -1.12. The minimum absolute atomic E-state index is 0.413. The molecule has 0 saturated heterocycles. The van der Waals surface area contributed by atoms with E-state index in [2.05, 4.69) is 0 Å². The summed E-state index contributed by atoms with van der Waals surface area (Å²) in [6, 6.07) is 12.3. The van der Waals surface area contributed by atoms with Crippen LogP contribution in [0.5, 0.6) is 5.75 Å². The molecule has 0 heterocycles. The molecule has 2 aromatic rings. The Labute approximate surface area is 136 Å². The maximum absolute atomic E-state index is 12.1. The van der Waals surface area contributed by atoms with Gasteiger partial charge in [-0.15, -0.1) is 0 Å². The minimum atomic E-state index is -1.12. The summed E-state index contributed by atoms with van der Waals surface area (Å²) in [4.78, 5) is 0.670. The molecular weight excluding hydrogens is 329 g/mol. The molecule has 112 valence electrons. The van der Waals surface area contributed by atoms with E-state index in [1.165, 1.54) is 0 Å². The zero-order chi connectivity index (χ0) is 15.2. The fourth-order valence-electron chi connectivity index (χ4n) is 1.72. The average Bonchev–Trinajstić information content (AvgIpc) is 2.48. The Bertz CT molecular complexity index is 649. The Balaban J connectivity index is 1.82. The predicted molar refractivity (Wildman–Crippen MR) is 88.7 cm³/mol. The molecule has 0 spiro atoms. The summed E-state index contributed by atoms with van der Waals surface area (Å²) in [6.07, 6.45) is 0.654. The van der Waals surface area contributed by atoms with E-state index in [-0.39, 0.29) is 0 Å². The summed E-state index contributed by atoms with van der Waals surface area (Å²) >= 11 is 11.7. The Hall–Kier alpha value is -1.23. The molecule has 0 aliphatic carbocycles. The average molecular weight is 344 g/mol. The second kappa shape index (κ2) is 7.69. The lowest BCUT2D eigenvalue weighted by Crippen LogP contribution is -2.06. The van der Waals surface area contributed by atoms with Gasteiger partial charge in [0.25, 0.3) is 0 Å². The van der Waals surface area contributed by atoms with Gasteiger partial charge >= 0.3 is 0 Å². The number of halogens is 2. The van der Waals surface area contributed by atoms with Gasteiger partial charge in [0, 0.05) is 10.6 Å². The van der Waals surface area contributed by atoms with Gasteiger partial charge < -0.3 is 10.5 Å². The van der Waals surface area contributed by atoms with Crippen LogP contribution in [0.2, 0.25) is 10.0 Å². The predicted octanol–water partition coefficient (Wildman–Crippen LogP) is 4.15. The summed E-state index contributed by atoms with van der Waals surface area (Å²) in [5.41, 5.74) is 6.37. The van der Waals surface area contributed by atoms with Crippen LogP contribution in [0.4, 0.5) is 5.69 Å². The molecular formula is C15H15Cl2NO2S. The number of nitrogen functional groups attached to an aromatic ring is 1. The molecule has 1 atom stereocenters. The summed E-state index contributed by atoms with van der Waals surface area (Å²) < 4.78 is 17.7. The molecule has 0 amide bonds. The van der Waals surface area contributed by atoms with Gasteiger partial charge in [-0.1, -0.05) is 35.3 Å². The van der Waals surface area contributed by atoms with Crippen molar-refractivity contribution in [2.75, 3.05) is 18.1 Å². The standard InChI is InChI=1S/C15H15Cl2NO2S/c16-12-7-6-11(10-13(12)17)21(19)9-3-8-20-15-5-2-1-4-14(15)18/h1-2,4-7,10H,3,8-9,18H2. The molecule has 0 aliphatic heterocycles. The largest absolute Gasteiger partial charge is 0.491 e. The van der Waals surface area contributed by atoms with Crippen molar-refractivity contribution in [3.8, 4) is 5.75 Å². The van der Waals surface area contributed by atoms with Crippen LogP contribution in [-0.4, -0.2) is 16.6 Å². The number of rotatable bonds is 6. The molecule has 6 heteroatoms. The number of anilines is 1. The van der Waals surface area contributed by atoms with Crippen molar-refractivity contribution in [2.45, 2.75) is 11.3 Å². The Morgan fingerprint density at radius 1 is 1.10 bits per heavy atom. The molecule has 0 aliphatic rings. The number of nitrogens with two attached hydrogens (primary N) is 1. The van der Waals surface area contributed by atoms with Crippen LogP contribution in [0, 0.1) is 0 Å². The van der Waals surface area contributed by atoms with E-state index in [9.17, 15) is 4.21 Å². The normalized spacial score (nSPS) is 12.1. The lowest BCUT2D eigenvalue weighted by Gasteiger charge is -2.08. The van der Waals surface area contributed by atoms with Crippen molar-refractivity contribution in [1.29, 1.82) is 0 Å². The highest BCUT2D eigenvalue weighted by Gasteiger charge is 2.07. The van der Waals surface area contributed by atoms with Crippen LogP contribution in [0.3, 0.4) is 0 Å². The molecule has 1 unspecified atom stereocenters. The summed E-state index contributed by atoms with van der Waals surface area (Å²) in [5.74, 6) is 1.14. The number of para-hydroxylation sites is 2. The third-order valence-corrected chi connectivity index (χ3v) is 4.98. The monoisotopic (exact) mass is 343 g/mol. The van der Waals surface area contributed by atoms with Gasteiger partial charge in [0.2, 0.25) is 0 Å². The van der Waals surface area contributed by atoms with Crippen molar-refractivity contribution in [1.82, 2.24) is 0 Å². The molecule has 3 nitrogen and oxygen atoms in total. The third-order valence-electron chi connectivity index (χ3n) is 2.80. The maximum atomic E-state index is 12.1. The van der Waals surface area contributed by atoms with Crippen molar-refractivity contribution in [3.05, 3.63) is 52.5 Å². The molecule has 0 radical (unpaired) electrons. The van der Waals surface area contributed by atoms with E-state index in [1.54, 1.807) is 24.3 Å².